The number of aryl methyl sites for hydroxylation is 1. The lowest BCUT2D eigenvalue weighted by Gasteiger charge is -2.23. The minimum Gasteiger partial charge on any atom is -0.322 e. The van der Waals surface area contributed by atoms with Gasteiger partial charge >= 0.3 is 0 Å². The number of rotatable bonds is 15. The molecule has 1 nitrogen and oxygen atoms in total. The summed E-state index contributed by atoms with van der Waals surface area (Å²) in [6.45, 7) is 6.50. The van der Waals surface area contributed by atoms with Crippen molar-refractivity contribution in [1.82, 2.24) is 0 Å². The molecule has 0 radical (unpaired) electrons. The highest BCUT2D eigenvalue weighted by Gasteiger charge is 2.17. The fourth-order valence-electron chi connectivity index (χ4n) is 3.70. The smallest absolute Gasteiger partial charge is 0.0355 e. The van der Waals surface area contributed by atoms with Gasteiger partial charge in [-0.1, -0.05) is 108 Å². The van der Waals surface area contributed by atoms with E-state index in [-0.39, 0.29) is 22.5 Å². The van der Waals surface area contributed by atoms with E-state index in [2.05, 4.69) is 45.0 Å². The molecular weight excluding hydrogens is 382 g/mol. The predicted octanol–water partition coefficient (Wildman–Crippen LogP) is 8.09. The molecule has 152 valence electrons. The Hall–Kier alpha value is -0.340. The lowest BCUT2D eigenvalue weighted by molar-refractivity contribution is 0.533. The zero-order valence-corrected chi connectivity index (χ0v) is 19.4. The first-order valence-electron chi connectivity index (χ1n) is 10.9. The average Bonchev–Trinajstić information content (AvgIpc) is 2.58. The summed E-state index contributed by atoms with van der Waals surface area (Å²) in [7, 11) is 0. The van der Waals surface area contributed by atoms with Crippen molar-refractivity contribution in [2.24, 2.45) is 5.73 Å². The Morgan fingerprint density at radius 2 is 1.12 bits per heavy atom. The molecule has 2 heteroatoms. The van der Waals surface area contributed by atoms with Gasteiger partial charge in [-0.05, 0) is 37.8 Å². The third kappa shape index (κ3) is 12.1. The average molecular weight is 427 g/mol. The molecule has 0 aliphatic heterocycles. The van der Waals surface area contributed by atoms with E-state index < -0.39 is 0 Å². The highest BCUT2D eigenvalue weighted by Crippen LogP contribution is 2.23. The number of hydrogen-bond acceptors (Lipinski definition) is 1. The highest BCUT2D eigenvalue weighted by atomic mass is 79.9. The van der Waals surface area contributed by atoms with Crippen molar-refractivity contribution in [2.45, 2.75) is 116 Å². The van der Waals surface area contributed by atoms with Crippen LogP contribution in [0.2, 0.25) is 0 Å². The van der Waals surface area contributed by atoms with Gasteiger partial charge < -0.3 is 5.73 Å². The van der Waals surface area contributed by atoms with Crippen LogP contribution in [0.1, 0.15) is 115 Å². The zero-order chi connectivity index (χ0) is 18.4. The zero-order valence-electron chi connectivity index (χ0n) is 17.7. The van der Waals surface area contributed by atoms with Crippen molar-refractivity contribution >= 4 is 17.0 Å². The van der Waals surface area contributed by atoms with Crippen LogP contribution in [0, 0.1) is 0 Å². The number of nitrogens with two attached hydrogens (primary N) is 1. The monoisotopic (exact) mass is 425 g/mol. The lowest BCUT2D eigenvalue weighted by Crippen LogP contribution is -2.30. The van der Waals surface area contributed by atoms with E-state index in [1.165, 1.54) is 101 Å². The van der Waals surface area contributed by atoms with Crippen molar-refractivity contribution in [2.75, 3.05) is 0 Å². The van der Waals surface area contributed by atoms with Crippen LogP contribution in [0.25, 0.3) is 0 Å². The van der Waals surface area contributed by atoms with Gasteiger partial charge in [-0.2, -0.15) is 0 Å². The lowest BCUT2D eigenvalue weighted by atomic mass is 9.89. The molecule has 0 aliphatic carbocycles. The summed E-state index contributed by atoms with van der Waals surface area (Å²) in [4.78, 5) is 0. The number of halogens is 1. The first-order chi connectivity index (χ1) is 12.1. The minimum atomic E-state index is -0.229. The molecule has 0 bridgehead atoms. The molecule has 0 heterocycles. The maximum atomic E-state index is 6.30. The third-order valence-electron chi connectivity index (χ3n) is 5.26. The molecule has 0 atom stereocenters. The van der Waals surface area contributed by atoms with E-state index in [1.54, 1.807) is 0 Å². The number of hydrogen-bond donors (Lipinski definition) is 1. The van der Waals surface area contributed by atoms with Crippen LogP contribution in [-0.4, -0.2) is 0 Å². The predicted molar refractivity (Wildman–Crippen MR) is 123 cm³/mol. The first-order valence-corrected chi connectivity index (χ1v) is 10.9. The Balaban J connectivity index is 0.00000625. The summed E-state index contributed by atoms with van der Waals surface area (Å²) in [5, 5.41) is 0. The van der Waals surface area contributed by atoms with Gasteiger partial charge in [-0.3, -0.25) is 0 Å². The van der Waals surface area contributed by atoms with Gasteiger partial charge in [0.2, 0.25) is 0 Å². The van der Waals surface area contributed by atoms with E-state index in [0.29, 0.717) is 0 Å². The molecule has 2 N–H and O–H groups in total. The van der Waals surface area contributed by atoms with Gasteiger partial charge in [0.25, 0.3) is 0 Å². The fourth-order valence-corrected chi connectivity index (χ4v) is 3.70. The van der Waals surface area contributed by atoms with E-state index >= 15 is 0 Å². The van der Waals surface area contributed by atoms with Crippen LogP contribution < -0.4 is 5.73 Å². The second-order valence-corrected chi connectivity index (χ2v) is 8.37. The third-order valence-corrected chi connectivity index (χ3v) is 5.26. The molecule has 0 spiro atoms. The van der Waals surface area contributed by atoms with Crippen LogP contribution in [0.4, 0.5) is 0 Å². The topological polar surface area (TPSA) is 26.0 Å². The van der Waals surface area contributed by atoms with Gasteiger partial charge in [-0.15, -0.1) is 17.0 Å². The summed E-state index contributed by atoms with van der Waals surface area (Å²) in [5.74, 6) is 0. The molecule has 0 aliphatic rings. The van der Waals surface area contributed by atoms with Crippen LogP contribution >= 0.6 is 17.0 Å². The Kier molecular flexibility index (Phi) is 15.5. The maximum absolute atomic E-state index is 6.30. The van der Waals surface area contributed by atoms with E-state index in [1.807, 2.05) is 0 Å². The molecule has 0 amide bonds. The standard InChI is InChI=1S/C24H43N.BrH/c1-4-5-6-7-8-9-10-11-12-13-14-15-16-19-22-20-17-18-21-23(22)24(2,3)25;/h17-18,20-21H,4-16,19,25H2,1-3H3;1H. The van der Waals surface area contributed by atoms with E-state index in [4.69, 9.17) is 5.73 Å². The first kappa shape index (κ1) is 25.7. The summed E-state index contributed by atoms with van der Waals surface area (Å²) >= 11 is 0. The molecule has 1 rings (SSSR count). The molecule has 26 heavy (non-hydrogen) atoms. The van der Waals surface area contributed by atoms with E-state index in [9.17, 15) is 0 Å². The summed E-state index contributed by atoms with van der Waals surface area (Å²) in [6, 6.07) is 8.70. The number of benzene rings is 1. The Labute approximate surface area is 174 Å². The van der Waals surface area contributed by atoms with Crippen LogP contribution in [0.3, 0.4) is 0 Å². The van der Waals surface area contributed by atoms with Crippen LogP contribution in [-0.2, 0) is 12.0 Å². The Morgan fingerprint density at radius 1 is 0.692 bits per heavy atom. The van der Waals surface area contributed by atoms with Crippen LogP contribution in [0.5, 0.6) is 0 Å². The summed E-state index contributed by atoms with van der Waals surface area (Å²) in [5.41, 5.74) is 8.83. The molecule has 0 unspecified atom stereocenters. The molecule has 0 aromatic heterocycles. The van der Waals surface area contributed by atoms with Gasteiger partial charge in [0.1, 0.15) is 0 Å². The molecule has 0 fully saturated rings. The molecule has 1 aromatic rings. The largest absolute Gasteiger partial charge is 0.322 e. The molecular formula is C24H44BrN. The molecule has 1 aromatic carbocycles. The van der Waals surface area contributed by atoms with Crippen LogP contribution in [0.15, 0.2) is 24.3 Å². The second-order valence-electron chi connectivity index (χ2n) is 8.37. The minimum absolute atomic E-state index is 0. The second kappa shape index (κ2) is 15.7. The quantitative estimate of drug-likeness (QED) is 0.282. The SMILES string of the molecule is Br.CCCCCCCCCCCCCCCc1ccccc1C(C)(C)N. The normalized spacial score (nSPS) is 11.4. The maximum Gasteiger partial charge on any atom is 0.0355 e. The summed E-state index contributed by atoms with van der Waals surface area (Å²) < 4.78 is 0. The van der Waals surface area contributed by atoms with Gasteiger partial charge in [0, 0.05) is 5.54 Å². The number of unbranched alkanes of at least 4 members (excludes halogenated alkanes) is 12. The fraction of sp³-hybridized carbons (Fsp3) is 0.750. The van der Waals surface area contributed by atoms with Crippen molar-refractivity contribution in [3.63, 3.8) is 0 Å². The van der Waals surface area contributed by atoms with Gasteiger partial charge in [-0.25, -0.2) is 0 Å². The van der Waals surface area contributed by atoms with Crippen molar-refractivity contribution in [1.29, 1.82) is 0 Å². The molecule has 0 saturated carbocycles. The van der Waals surface area contributed by atoms with Gasteiger partial charge in [0.15, 0.2) is 0 Å². The Morgan fingerprint density at radius 3 is 1.58 bits per heavy atom. The highest BCUT2D eigenvalue weighted by molar-refractivity contribution is 8.93. The molecule has 0 saturated heterocycles. The Bertz CT molecular complexity index is 436. The van der Waals surface area contributed by atoms with Crippen molar-refractivity contribution in [3.05, 3.63) is 35.4 Å². The summed E-state index contributed by atoms with van der Waals surface area (Å²) in [6.07, 6.45) is 19.6. The van der Waals surface area contributed by atoms with Crippen molar-refractivity contribution < 1.29 is 0 Å². The van der Waals surface area contributed by atoms with E-state index in [0.717, 1.165) is 0 Å². The van der Waals surface area contributed by atoms with Gasteiger partial charge in [0.05, 0.1) is 0 Å². The van der Waals surface area contributed by atoms with Crippen molar-refractivity contribution in [3.8, 4) is 0 Å².